The van der Waals surface area contributed by atoms with E-state index in [0.717, 1.165) is 33.2 Å². The minimum Gasteiger partial charge on any atom is -0.309 e. The lowest BCUT2D eigenvalue weighted by atomic mass is 9.60. The molecule has 3 aromatic heterocycles. The molecule has 0 unspecified atom stereocenters. The van der Waals surface area contributed by atoms with E-state index < -0.39 is 0 Å². The maximum atomic E-state index is 5.51. The first kappa shape index (κ1) is 34.0. The first-order chi connectivity index (χ1) is 27.7. The number of hydrogen-bond donors (Lipinski definition) is 0. The van der Waals surface area contributed by atoms with Crippen molar-refractivity contribution in [3.63, 3.8) is 0 Å². The van der Waals surface area contributed by atoms with E-state index in [2.05, 4.69) is 191 Å². The summed E-state index contributed by atoms with van der Waals surface area (Å²) in [7, 11) is 16.1. The van der Waals surface area contributed by atoms with E-state index in [9.17, 15) is 0 Å². The van der Waals surface area contributed by atoms with Gasteiger partial charge in [0.1, 0.15) is 54.9 Å². The van der Waals surface area contributed by atoms with Crippen LogP contribution in [0.1, 0.15) is 0 Å². The van der Waals surface area contributed by atoms with Gasteiger partial charge in [0, 0.05) is 38.2 Å². The van der Waals surface area contributed by atoms with Crippen molar-refractivity contribution in [2.24, 2.45) is 0 Å². The maximum absolute atomic E-state index is 5.51. The van der Waals surface area contributed by atoms with Crippen LogP contribution in [0.15, 0.2) is 127 Å². The third-order valence-electron chi connectivity index (χ3n) is 13.3. The number of fused-ring (bicyclic) bond motifs is 9. The van der Waals surface area contributed by atoms with Crippen LogP contribution in [0.4, 0.5) is 0 Å². The third-order valence-corrected chi connectivity index (χ3v) is 13.3. The minimum atomic E-state index is 0.668. The average Bonchev–Trinajstić information content (AvgIpc) is 3.74. The van der Waals surface area contributed by atoms with Gasteiger partial charge in [0.15, 0.2) is 0 Å². The highest BCUT2D eigenvalue weighted by Crippen LogP contribution is 2.38. The van der Waals surface area contributed by atoms with Crippen molar-refractivity contribution in [3.8, 4) is 22.9 Å². The van der Waals surface area contributed by atoms with Gasteiger partial charge in [0.25, 0.3) is 0 Å². The Hall–Kier alpha value is -6.33. The smallest absolute Gasteiger partial charge is 0.235 e. The summed E-state index contributed by atoms with van der Waals surface area (Å²) >= 11 is 0. The maximum Gasteiger partial charge on any atom is 0.235 e. The molecule has 0 amide bonds. The highest BCUT2D eigenvalue weighted by atomic mass is 15.2. The normalized spacial score (nSPS) is 12.0. The molecule has 11 rings (SSSR count). The fourth-order valence-electron chi connectivity index (χ4n) is 9.81. The van der Waals surface area contributed by atoms with Crippen LogP contribution < -0.4 is 38.2 Å². The van der Waals surface area contributed by atoms with Gasteiger partial charge in [0.2, 0.25) is 5.95 Å². The van der Waals surface area contributed by atoms with Crippen LogP contribution in [0.3, 0.4) is 0 Å². The summed E-state index contributed by atoms with van der Waals surface area (Å²) in [6.45, 7) is 0. The van der Waals surface area contributed by atoms with Crippen LogP contribution >= 0.6 is 0 Å². The van der Waals surface area contributed by atoms with E-state index in [-0.39, 0.29) is 0 Å². The zero-order valence-electron chi connectivity index (χ0n) is 33.4. The van der Waals surface area contributed by atoms with Crippen molar-refractivity contribution in [1.82, 2.24) is 19.1 Å². The summed E-state index contributed by atoms with van der Waals surface area (Å²) in [5.41, 5.74) is 18.3. The molecular formula is C46H35B7N4. The molecule has 0 radical (unpaired) electrons. The topological polar surface area (TPSA) is 35.6 Å². The lowest BCUT2D eigenvalue weighted by Gasteiger charge is -2.25. The van der Waals surface area contributed by atoms with Gasteiger partial charge in [-0.15, -0.1) is 10.9 Å². The van der Waals surface area contributed by atoms with Crippen LogP contribution in [-0.4, -0.2) is 74.0 Å². The molecule has 0 saturated carbocycles. The molecule has 0 spiro atoms. The zero-order valence-corrected chi connectivity index (χ0v) is 33.4. The second kappa shape index (κ2) is 12.3. The number of nitrogens with zero attached hydrogens (tertiary/aromatic N) is 4. The van der Waals surface area contributed by atoms with Gasteiger partial charge in [-0.3, -0.25) is 4.57 Å². The van der Waals surface area contributed by atoms with Gasteiger partial charge in [0.05, 0.1) is 33.3 Å². The molecule has 4 nitrogen and oxygen atoms in total. The molecule has 11 aromatic rings. The zero-order chi connectivity index (χ0) is 38.9. The van der Waals surface area contributed by atoms with Crippen LogP contribution in [0.2, 0.25) is 0 Å². The van der Waals surface area contributed by atoms with Crippen molar-refractivity contribution >= 4 is 169 Å². The van der Waals surface area contributed by atoms with E-state index >= 15 is 0 Å². The summed E-state index contributed by atoms with van der Waals surface area (Å²) < 4.78 is 4.78. The monoisotopic (exact) mass is 720 g/mol. The highest BCUT2D eigenvalue weighted by Gasteiger charge is 2.23. The van der Waals surface area contributed by atoms with Crippen molar-refractivity contribution in [2.45, 2.75) is 0 Å². The average molecular weight is 719 g/mol. The molecule has 0 aliphatic rings. The van der Waals surface area contributed by atoms with Crippen molar-refractivity contribution in [3.05, 3.63) is 127 Å². The molecule has 0 aliphatic carbocycles. The Morgan fingerprint density at radius 1 is 0.368 bits per heavy atom. The van der Waals surface area contributed by atoms with E-state index in [1.54, 1.807) is 0 Å². The fraction of sp³-hybridized carbons (Fsp3) is 0. The summed E-state index contributed by atoms with van der Waals surface area (Å²) in [6.07, 6.45) is 0. The number of aromatic nitrogens is 4. The minimum absolute atomic E-state index is 0.668. The Balaban J connectivity index is 1.21. The Morgan fingerprint density at radius 2 is 0.895 bits per heavy atom. The molecule has 0 N–H and O–H groups in total. The van der Waals surface area contributed by atoms with Gasteiger partial charge in [-0.25, -0.2) is 9.97 Å². The van der Waals surface area contributed by atoms with Crippen LogP contribution in [-0.2, 0) is 0 Å². The number of rotatable bonds is 3. The molecule has 8 aromatic carbocycles. The van der Waals surface area contributed by atoms with Crippen molar-refractivity contribution in [1.29, 1.82) is 0 Å². The van der Waals surface area contributed by atoms with Crippen molar-refractivity contribution < 1.29 is 0 Å². The second-order valence-corrected chi connectivity index (χ2v) is 16.0. The summed E-state index contributed by atoms with van der Waals surface area (Å²) in [6, 6.07) is 46.0. The molecule has 57 heavy (non-hydrogen) atoms. The highest BCUT2D eigenvalue weighted by molar-refractivity contribution is 6.71. The predicted molar refractivity (Wildman–Crippen MR) is 266 cm³/mol. The Morgan fingerprint density at radius 3 is 1.60 bits per heavy atom. The van der Waals surface area contributed by atoms with Gasteiger partial charge in [-0.05, 0) is 64.0 Å². The predicted octanol–water partition coefficient (Wildman–Crippen LogP) is -0.394. The first-order valence-corrected chi connectivity index (χ1v) is 19.9. The van der Waals surface area contributed by atoms with E-state index in [1.807, 2.05) is 0 Å². The summed E-state index contributed by atoms with van der Waals surface area (Å²) in [5, 5.41) is 11.0. The summed E-state index contributed by atoms with van der Waals surface area (Å²) in [5.74, 6) is 0.668. The largest absolute Gasteiger partial charge is 0.309 e. The standard InChI is InChI=1S/C46H35B7N4/c47-37-35-36(39(49)41(51)40(37)50)45(43(53)42(52)38(35)48)56-31-15-7-4-11-25(31)28-20-24(17-18-33(28)56)44-27-13-3-6-14-30(27)54-46(55-44)57-32-16-8-5-12-26(32)29-19-22-9-1-2-10-23(22)21-34(29)57/h1-21H,47-53H2. The molecule has 3 heterocycles. The quantitative estimate of drug-likeness (QED) is 0.234. The van der Waals surface area contributed by atoms with Crippen LogP contribution in [0.5, 0.6) is 0 Å². The second-order valence-electron chi connectivity index (χ2n) is 16.0. The summed E-state index contributed by atoms with van der Waals surface area (Å²) in [4.78, 5) is 10.8. The molecule has 0 saturated heterocycles. The van der Waals surface area contributed by atoms with Gasteiger partial charge in [-0.1, -0.05) is 112 Å². The lowest BCUT2D eigenvalue weighted by Crippen LogP contribution is -2.52. The molecule has 11 heteroatoms. The van der Waals surface area contributed by atoms with Gasteiger partial charge >= 0.3 is 0 Å². The van der Waals surface area contributed by atoms with E-state index in [0.29, 0.717) is 5.95 Å². The molecule has 0 atom stereocenters. The van der Waals surface area contributed by atoms with Crippen LogP contribution in [0, 0.1) is 0 Å². The molecule has 0 fully saturated rings. The number of hydrogen-bond acceptors (Lipinski definition) is 2. The van der Waals surface area contributed by atoms with Gasteiger partial charge in [-0.2, -0.15) is 0 Å². The first-order valence-electron chi connectivity index (χ1n) is 19.9. The molecule has 260 valence electrons. The Kier molecular flexibility index (Phi) is 7.35. The van der Waals surface area contributed by atoms with Crippen LogP contribution in [0.25, 0.3) is 99.0 Å². The van der Waals surface area contributed by atoms with E-state index in [4.69, 9.17) is 9.97 Å². The third kappa shape index (κ3) is 4.72. The number of benzene rings is 8. The molecular weight excluding hydrogens is 684 g/mol. The van der Waals surface area contributed by atoms with Gasteiger partial charge < -0.3 is 4.57 Å². The molecule has 0 bridgehead atoms. The lowest BCUT2D eigenvalue weighted by molar-refractivity contribution is 1.01. The fourth-order valence-corrected chi connectivity index (χ4v) is 9.81. The number of para-hydroxylation sites is 3. The van der Waals surface area contributed by atoms with E-state index in [1.165, 1.54) is 98.1 Å². The Bertz CT molecular complexity index is 3560. The SMILES string of the molecule is Bc1c(B)c(B)c2c(-n3c4ccccc4c4cc(-c5nc(-n6c7ccccc7c7cc8ccccc8cc76)nc6ccccc56)ccc43)c(B)c(B)c(B)c2c1B. The van der Waals surface area contributed by atoms with Crippen molar-refractivity contribution in [2.75, 3.05) is 0 Å². The Labute approximate surface area is 337 Å². The molecule has 0 aliphatic heterocycles.